The first kappa shape index (κ1) is 22.1. The van der Waals surface area contributed by atoms with Gasteiger partial charge in [-0.2, -0.15) is 5.10 Å². The number of ether oxygens (including phenoxy) is 2. The van der Waals surface area contributed by atoms with Crippen molar-refractivity contribution in [2.24, 2.45) is 10.1 Å². The predicted octanol–water partition coefficient (Wildman–Crippen LogP) is 5.67. The summed E-state index contributed by atoms with van der Waals surface area (Å²) in [6.07, 6.45) is 4.63. The lowest BCUT2D eigenvalue weighted by molar-refractivity contribution is -0.385. The first-order valence-electron chi connectivity index (χ1n) is 9.73. The Morgan fingerprint density at radius 3 is 2.76 bits per heavy atom. The molecule has 0 unspecified atom stereocenters. The topological polar surface area (TPSA) is 104 Å². The van der Waals surface area contributed by atoms with Gasteiger partial charge in [0.25, 0.3) is 5.69 Å². The first-order chi connectivity index (χ1) is 16.5. The zero-order valence-electron chi connectivity index (χ0n) is 17.1. The van der Waals surface area contributed by atoms with Gasteiger partial charge < -0.3 is 9.47 Å². The Kier molecular flexibility index (Phi) is 6.01. The number of rotatable bonds is 5. The van der Waals surface area contributed by atoms with E-state index in [1.807, 2.05) is 5.38 Å². The van der Waals surface area contributed by atoms with Gasteiger partial charge in [0.15, 0.2) is 11.5 Å². The molecule has 2 aromatic heterocycles. The number of thiazole rings is 1. The van der Waals surface area contributed by atoms with Crippen LogP contribution in [0.5, 0.6) is 11.5 Å². The highest BCUT2D eigenvalue weighted by molar-refractivity contribution is 7.07. The third-order valence-electron chi connectivity index (χ3n) is 4.79. The molecule has 1 aliphatic rings. The number of hydrogen-bond acceptors (Lipinski definition) is 8. The van der Waals surface area contributed by atoms with Crippen molar-refractivity contribution in [3.63, 3.8) is 0 Å². The Balaban J connectivity index is 1.68. The van der Waals surface area contributed by atoms with Gasteiger partial charge in [-0.25, -0.2) is 9.67 Å². The van der Waals surface area contributed by atoms with E-state index in [0.717, 1.165) is 0 Å². The Hall–Kier alpha value is -3.73. The molecule has 12 heteroatoms. The second kappa shape index (κ2) is 9.26. The van der Waals surface area contributed by atoms with Crippen LogP contribution in [-0.4, -0.2) is 27.6 Å². The van der Waals surface area contributed by atoms with Crippen molar-refractivity contribution in [1.29, 1.82) is 0 Å². The standard InChI is InChI=1S/C22H13Cl2N5O4S/c23-14-3-4-17(24)16(7-14)19-11-34-22(27-15-2-1-5-25-10-15)28(19)26-9-13-6-20-21(33-12-32-20)8-18(13)29(30)31/h1-11H,12H2. The molecule has 0 fully saturated rings. The van der Waals surface area contributed by atoms with E-state index in [0.29, 0.717) is 43.3 Å². The van der Waals surface area contributed by atoms with E-state index in [-0.39, 0.29) is 18.0 Å². The van der Waals surface area contributed by atoms with Gasteiger partial charge in [-0.3, -0.25) is 15.1 Å². The maximum atomic E-state index is 11.6. The van der Waals surface area contributed by atoms with Crippen LogP contribution in [0.3, 0.4) is 0 Å². The molecule has 0 saturated carbocycles. The molecule has 0 N–H and O–H groups in total. The average Bonchev–Trinajstić information content (AvgIpc) is 3.45. The van der Waals surface area contributed by atoms with Gasteiger partial charge in [0.2, 0.25) is 11.6 Å². The molecule has 3 heterocycles. The second-order valence-corrected chi connectivity index (χ2v) is 8.61. The summed E-state index contributed by atoms with van der Waals surface area (Å²) in [5, 5.41) is 19.0. The quantitative estimate of drug-likeness (QED) is 0.194. The SMILES string of the molecule is O=[N+]([O-])c1cc2c(cc1C=Nn1c(-c3cc(Cl)ccc3Cl)csc1=Nc1cccnc1)OCO2. The smallest absolute Gasteiger partial charge is 0.282 e. The highest BCUT2D eigenvalue weighted by Crippen LogP contribution is 2.37. The van der Waals surface area contributed by atoms with Crippen molar-refractivity contribution in [1.82, 2.24) is 9.66 Å². The summed E-state index contributed by atoms with van der Waals surface area (Å²) in [5.41, 5.74) is 1.93. The first-order valence-corrected chi connectivity index (χ1v) is 11.4. The maximum absolute atomic E-state index is 11.6. The van der Waals surface area contributed by atoms with Crippen LogP contribution < -0.4 is 14.3 Å². The predicted molar refractivity (Wildman–Crippen MR) is 129 cm³/mol. The molecule has 4 aromatic rings. The van der Waals surface area contributed by atoms with E-state index in [4.69, 9.17) is 32.7 Å². The summed E-state index contributed by atoms with van der Waals surface area (Å²) < 4.78 is 12.2. The molecule has 0 atom stereocenters. The van der Waals surface area contributed by atoms with Crippen LogP contribution in [0.25, 0.3) is 11.3 Å². The normalized spacial score (nSPS) is 13.1. The van der Waals surface area contributed by atoms with Crippen molar-refractivity contribution < 1.29 is 14.4 Å². The molecule has 0 spiro atoms. The lowest BCUT2D eigenvalue weighted by Gasteiger charge is -2.07. The number of nitrogens with zero attached hydrogens (tertiary/aromatic N) is 5. The van der Waals surface area contributed by atoms with Gasteiger partial charge in [0.1, 0.15) is 0 Å². The van der Waals surface area contributed by atoms with Crippen molar-refractivity contribution in [2.75, 3.05) is 6.79 Å². The fraction of sp³-hybridized carbons (Fsp3) is 0.0455. The number of nitro groups is 1. The van der Waals surface area contributed by atoms with E-state index in [9.17, 15) is 10.1 Å². The van der Waals surface area contributed by atoms with Crippen LogP contribution in [0.2, 0.25) is 10.0 Å². The number of benzene rings is 2. The molecule has 0 amide bonds. The van der Waals surface area contributed by atoms with Crippen LogP contribution in [0.4, 0.5) is 11.4 Å². The molecule has 2 aromatic carbocycles. The van der Waals surface area contributed by atoms with Crippen LogP contribution >= 0.6 is 34.5 Å². The summed E-state index contributed by atoms with van der Waals surface area (Å²) in [6, 6.07) is 11.5. The Morgan fingerprint density at radius 1 is 1.18 bits per heavy atom. The third-order valence-corrected chi connectivity index (χ3v) is 6.17. The van der Waals surface area contributed by atoms with Crippen LogP contribution in [0.15, 0.2) is 70.3 Å². The molecule has 0 radical (unpaired) electrons. The molecule has 0 saturated heterocycles. The highest BCUT2D eigenvalue weighted by Gasteiger charge is 2.23. The van der Waals surface area contributed by atoms with Gasteiger partial charge in [-0.1, -0.05) is 23.2 Å². The fourth-order valence-electron chi connectivity index (χ4n) is 3.23. The minimum atomic E-state index is -0.503. The minimum absolute atomic E-state index is 0.00207. The van der Waals surface area contributed by atoms with Gasteiger partial charge in [-0.15, -0.1) is 11.3 Å². The van der Waals surface area contributed by atoms with Crippen LogP contribution in [-0.2, 0) is 0 Å². The Morgan fingerprint density at radius 2 is 2.00 bits per heavy atom. The zero-order valence-corrected chi connectivity index (χ0v) is 19.4. The number of hydrogen-bond donors (Lipinski definition) is 0. The number of fused-ring (bicyclic) bond motifs is 1. The summed E-state index contributed by atoms with van der Waals surface area (Å²) in [6.45, 7) is -0.00207. The number of nitro benzene ring substituents is 1. The molecule has 1 aliphatic heterocycles. The summed E-state index contributed by atoms with van der Waals surface area (Å²) in [5.74, 6) is 0.714. The van der Waals surface area contributed by atoms with E-state index < -0.39 is 4.92 Å². The van der Waals surface area contributed by atoms with Crippen molar-refractivity contribution in [3.05, 3.63) is 90.8 Å². The number of pyridine rings is 1. The minimum Gasteiger partial charge on any atom is -0.454 e. The number of aromatic nitrogens is 2. The zero-order chi connectivity index (χ0) is 23.7. The maximum Gasteiger partial charge on any atom is 0.282 e. The molecule has 5 rings (SSSR count). The summed E-state index contributed by atoms with van der Waals surface area (Å²) >= 11 is 14.0. The molecule has 34 heavy (non-hydrogen) atoms. The third kappa shape index (κ3) is 4.38. The average molecular weight is 514 g/mol. The molecule has 170 valence electrons. The molecule has 0 aliphatic carbocycles. The van der Waals surface area contributed by atoms with Crippen LogP contribution in [0, 0.1) is 10.1 Å². The monoisotopic (exact) mass is 513 g/mol. The molecular weight excluding hydrogens is 501 g/mol. The number of halogens is 2. The lowest BCUT2D eigenvalue weighted by atomic mass is 10.1. The summed E-state index contributed by atoms with van der Waals surface area (Å²) in [4.78, 5) is 20.3. The molecule has 9 nitrogen and oxygen atoms in total. The molecular formula is C22H13Cl2N5O4S. The fourth-order valence-corrected chi connectivity index (χ4v) is 4.46. The van der Waals surface area contributed by atoms with Gasteiger partial charge in [-0.05, 0) is 36.4 Å². The van der Waals surface area contributed by atoms with E-state index in [1.165, 1.54) is 29.7 Å². The van der Waals surface area contributed by atoms with E-state index in [2.05, 4.69) is 15.1 Å². The molecule has 0 bridgehead atoms. The van der Waals surface area contributed by atoms with Crippen molar-refractivity contribution >= 4 is 52.1 Å². The van der Waals surface area contributed by atoms with Gasteiger partial charge in [0.05, 0.1) is 45.4 Å². The Labute approximate surface area is 206 Å². The van der Waals surface area contributed by atoms with Crippen molar-refractivity contribution in [3.8, 4) is 22.8 Å². The van der Waals surface area contributed by atoms with Gasteiger partial charge in [0, 0.05) is 22.2 Å². The largest absolute Gasteiger partial charge is 0.454 e. The lowest BCUT2D eigenvalue weighted by Crippen LogP contribution is -2.12. The summed E-state index contributed by atoms with van der Waals surface area (Å²) in [7, 11) is 0. The van der Waals surface area contributed by atoms with Crippen molar-refractivity contribution in [2.45, 2.75) is 0 Å². The van der Waals surface area contributed by atoms with E-state index in [1.54, 1.807) is 47.4 Å². The Bertz CT molecular complexity index is 1500. The second-order valence-electron chi connectivity index (χ2n) is 6.93. The van der Waals surface area contributed by atoms with Crippen LogP contribution in [0.1, 0.15) is 5.56 Å². The van der Waals surface area contributed by atoms with Gasteiger partial charge >= 0.3 is 0 Å². The van der Waals surface area contributed by atoms with E-state index >= 15 is 0 Å². The highest BCUT2D eigenvalue weighted by atomic mass is 35.5.